The number of carbonyl (C=O) groups is 1. The van der Waals surface area contributed by atoms with E-state index in [4.69, 9.17) is 5.11 Å². The zero-order valence-electron chi connectivity index (χ0n) is 16.2. The van der Waals surface area contributed by atoms with Crippen LogP contribution >= 0.6 is 0 Å². The smallest absolute Gasteiger partial charge is 0.303 e. The number of carboxylic acid groups (broad SMARTS) is 1. The Bertz CT molecular complexity index is 469. The maximum Gasteiger partial charge on any atom is 0.303 e. The molecular formula is C21H36O5. The van der Waals surface area contributed by atoms with Crippen molar-refractivity contribution in [2.75, 3.05) is 0 Å². The minimum absolute atomic E-state index is 0.0802. The Morgan fingerprint density at radius 2 is 1.88 bits per heavy atom. The summed E-state index contributed by atoms with van der Waals surface area (Å²) < 4.78 is 0. The Morgan fingerprint density at radius 3 is 2.54 bits per heavy atom. The third-order valence-electron chi connectivity index (χ3n) is 5.22. The zero-order chi connectivity index (χ0) is 19.6. The first kappa shape index (κ1) is 22.9. The monoisotopic (exact) mass is 368 g/mol. The van der Waals surface area contributed by atoms with Gasteiger partial charge in [-0.3, -0.25) is 4.79 Å². The summed E-state index contributed by atoms with van der Waals surface area (Å²) in [6, 6.07) is 0. The van der Waals surface area contributed by atoms with Crippen molar-refractivity contribution >= 4 is 5.97 Å². The van der Waals surface area contributed by atoms with Crippen molar-refractivity contribution in [1.82, 2.24) is 0 Å². The molecule has 0 bridgehead atoms. The summed E-state index contributed by atoms with van der Waals surface area (Å²) in [5.41, 5.74) is -0.889. The Balaban J connectivity index is 2.56. The Kier molecular flexibility index (Phi) is 10.1. The zero-order valence-corrected chi connectivity index (χ0v) is 16.2. The van der Waals surface area contributed by atoms with Crippen LogP contribution in [-0.2, 0) is 4.79 Å². The highest BCUT2D eigenvalue weighted by Crippen LogP contribution is 2.37. The number of hydrogen-bond donors (Lipinski definition) is 4. The molecule has 5 atom stereocenters. The minimum Gasteiger partial charge on any atom is -0.481 e. The van der Waals surface area contributed by atoms with Crippen LogP contribution in [0.15, 0.2) is 24.3 Å². The molecule has 26 heavy (non-hydrogen) atoms. The average Bonchev–Trinajstić information content (AvgIpc) is 2.82. The van der Waals surface area contributed by atoms with Gasteiger partial charge in [0.1, 0.15) is 0 Å². The van der Waals surface area contributed by atoms with E-state index < -0.39 is 23.8 Å². The van der Waals surface area contributed by atoms with E-state index in [1.807, 2.05) is 18.2 Å². The second-order valence-corrected chi connectivity index (χ2v) is 7.78. The predicted octanol–water partition coefficient (Wildman–Crippen LogP) is 3.43. The van der Waals surface area contributed by atoms with Crippen molar-refractivity contribution < 1.29 is 25.2 Å². The lowest BCUT2D eigenvalue weighted by atomic mass is 9.88. The number of aliphatic carboxylic acids is 1. The van der Waals surface area contributed by atoms with E-state index in [0.717, 1.165) is 19.3 Å². The van der Waals surface area contributed by atoms with Crippen LogP contribution in [0.25, 0.3) is 0 Å². The van der Waals surface area contributed by atoms with Gasteiger partial charge in [-0.05, 0) is 38.5 Å². The molecule has 0 aromatic carbocycles. The van der Waals surface area contributed by atoms with Gasteiger partial charge in [0, 0.05) is 18.8 Å². The molecule has 0 aromatic rings. The van der Waals surface area contributed by atoms with Gasteiger partial charge in [0.15, 0.2) is 0 Å². The number of hydrogen-bond acceptors (Lipinski definition) is 4. The number of aliphatic hydroxyl groups excluding tert-OH is 2. The Hall–Kier alpha value is -1.17. The van der Waals surface area contributed by atoms with Crippen molar-refractivity contribution in [3.05, 3.63) is 24.3 Å². The average molecular weight is 369 g/mol. The van der Waals surface area contributed by atoms with Crippen LogP contribution in [0.5, 0.6) is 0 Å². The summed E-state index contributed by atoms with van der Waals surface area (Å²) >= 11 is 0. The standard InChI is InChI=1S/C21H36O5/c1-3-4-9-13-21(2,26)14-12-17-16(18(22)15-19(17)23)10-7-5-6-8-11-20(24)25/h5,7,12,14,16-19,22-23,26H,3-4,6,8-11,13,15H2,1-2H3,(H,24,25)/b7-5-,14-12+/t16-,17-,18-,19+,21-/m0/s1. The molecular weight excluding hydrogens is 332 g/mol. The van der Waals surface area contributed by atoms with Crippen LogP contribution in [0, 0.1) is 11.8 Å². The van der Waals surface area contributed by atoms with Crippen molar-refractivity contribution in [3.63, 3.8) is 0 Å². The van der Waals surface area contributed by atoms with E-state index in [9.17, 15) is 20.1 Å². The molecule has 5 heteroatoms. The number of carboxylic acids is 1. The van der Waals surface area contributed by atoms with Gasteiger partial charge in [-0.2, -0.15) is 0 Å². The number of unbranched alkanes of at least 4 members (excludes halogenated alkanes) is 3. The summed E-state index contributed by atoms with van der Waals surface area (Å²) in [5, 5.41) is 39.6. The molecule has 1 aliphatic carbocycles. The van der Waals surface area contributed by atoms with Gasteiger partial charge in [-0.1, -0.05) is 50.5 Å². The van der Waals surface area contributed by atoms with E-state index in [1.165, 1.54) is 0 Å². The van der Waals surface area contributed by atoms with Crippen molar-refractivity contribution in [2.24, 2.45) is 11.8 Å². The highest BCUT2D eigenvalue weighted by molar-refractivity contribution is 5.66. The molecule has 0 radical (unpaired) electrons. The Morgan fingerprint density at radius 1 is 1.15 bits per heavy atom. The van der Waals surface area contributed by atoms with E-state index in [2.05, 4.69) is 6.92 Å². The molecule has 0 amide bonds. The van der Waals surface area contributed by atoms with Gasteiger partial charge in [0.2, 0.25) is 0 Å². The topological polar surface area (TPSA) is 98.0 Å². The van der Waals surface area contributed by atoms with Gasteiger partial charge < -0.3 is 20.4 Å². The molecule has 150 valence electrons. The fourth-order valence-corrected chi connectivity index (χ4v) is 3.58. The van der Waals surface area contributed by atoms with Crippen LogP contribution in [0.3, 0.4) is 0 Å². The summed E-state index contributed by atoms with van der Waals surface area (Å²) in [5.74, 6) is -1.04. The number of allylic oxidation sites excluding steroid dienone is 2. The van der Waals surface area contributed by atoms with Crippen molar-refractivity contribution in [1.29, 1.82) is 0 Å². The first-order valence-corrected chi connectivity index (χ1v) is 9.91. The van der Waals surface area contributed by atoms with Gasteiger partial charge in [-0.15, -0.1) is 0 Å². The van der Waals surface area contributed by atoms with Crippen LogP contribution in [0.2, 0.25) is 0 Å². The third kappa shape index (κ3) is 8.47. The summed E-state index contributed by atoms with van der Waals surface area (Å²) in [7, 11) is 0. The Labute approximate surface area is 157 Å². The highest BCUT2D eigenvalue weighted by Gasteiger charge is 2.39. The third-order valence-corrected chi connectivity index (χ3v) is 5.22. The molecule has 0 unspecified atom stereocenters. The maximum atomic E-state index is 10.5. The summed E-state index contributed by atoms with van der Waals surface area (Å²) in [6.07, 6.45) is 12.7. The molecule has 0 aliphatic heterocycles. The minimum atomic E-state index is -0.889. The van der Waals surface area contributed by atoms with E-state index in [0.29, 0.717) is 32.1 Å². The van der Waals surface area contributed by atoms with Crippen LogP contribution in [-0.4, -0.2) is 44.2 Å². The molecule has 5 nitrogen and oxygen atoms in total. The van der Waals surface area contributed by atoms with Gasteiger partial charge >= 0.3 is 5.97 Å². The van der Waals surface area contributed by atoms with Crippen LogP contribution in [0.1, 0.15) is 71.6 Å². The lowest BCUT2D eigenvalue weighted by Gasteiger charge is -2.23. The second kappa shape index (κ2) is 11.5. The fourth-order valence-electron chi connectivity index (χ4n) is 3.58. The first-order chi connectivity index (χ1) is 12.3. The maximum absolute atomic E-state index is 10.5. The normalized spacial score (nSPS) is 28.8. The van der Waals surface area contributed by atoms with E-state index in [1.54, 1.807) is 13.0 Å². The fraction of sp³-hybridized carbons (Fsp3) is 0.762. The van der Waals surface area contributed by atoms with Crippen LogP contribution in [0.4, 0.5) is 0 Å². The molecule has 1 fully saturated rings. The van der Waals surface area contributed by atoms with E-state index in [-0.39, 0.29) is 18.3 Å². The lowest BCUT2D eigenvalue weighted by Crippen LogP contribution is -2.24. The lowest BCUT2D eigenvalue weighted by molar-refractivity contribution is -0.137. The quantitative estimate of drug-likeness (QED) is 0.312. The molecule has 0 heterocycles. The number of rotatable bonds is 12. The van der Waals surface area contributed by atoms with Gasteiger partial charge in [0.25, 0.3) is 0 Å². The largest absolute Gasteiger partial charge is 0.481 e. The van der Waals surface area contributed by atoms with Crippen molar-refractivity contribution in [2.45, 2.75) is 89.4 Å². The second-order valence-electron chi connectivity index (χ2n) is 7.78. The molecule has 1 saturated carbocycles. The first-order valence-electron chi connectivity index (χ1n) is 9.91. The van der Waals surface area contributed by atoms with Gasteiger partial charge in [0.05, 0.1) is 17.8 Å². The predicted molar refractivity (Wildman–Crippen MR) is 103 cm³/mol. The molecule has 0 saturated heterocycles. The summed E-state index contributed by atoms with van der Waals surface area (Å²) in [6.45, 7) is 3.91. The SMILES string of the molecule is CCCCC[C@](C)(O)/C=C/[C@H]1[C@H](C/C=C\CCCC(=O)O)[C@@H](O)C[C@H]1O. The summed E-state index contributed by atoms with van der Waals surface area (Å²) in [4.78, 5) is 10.5. The molecule has 0 aromatic heterocycles. The highest BCUT2D eigenvalue weighted by atomic mass is 16.4. The van der Waals surface area contributed by atoms with Crippen LogP contribution < -0.4 is 0 Å². The molecule has 4 N–H and O–H groups in total. The van der Waals surface area contributed by atoms with Gasteiger partial charge in [-0.25, -0.2) is 0 Å². The number of aliphatic hydroxyl groups is 3. The molecule has 0 spiro atoms. The molecule has 1 aliphatic rings. The molecule has 1 rings (SSSR count). The van der Waals surface area contributed by atoms with Crippen molar-refractivity contribution in [3.8, 4) is 0 Å². The van der Waals surface area contributed by atoms with E-state index >= 15 is 0 Å².